The molecule has 28 heavy (non-hydrogen) atoms. The summed E-state index contributed by atoms with van der Waals surface area (Å²) < 4.78 is 5.46. The number of anilines is 5. The van der Waals surface area contributed by atoms with E-state index in [4.69, 9.17) is 16.3 Å². The van der Waals surface area contributed by atoms with Crippen LogP contribution in [0.3, 0.4) is 0 Å². The third-order valence-electron chi connectivity index (χ3n) is 4.52. The van der Waals surface area contributed by atoms with E-state index in [1.54, 1.807) is 6.20 Å². The minimum absolute atomic E-state index is 0.422. The lowest BCUT2D eigenvalue weighted by Gasteiger charge is -2.30. The van der Waals surface area contributed by atoms with E-state index in [2.05, 4.69) is 36.8 Å². The zero-order chi connectivity index (χ0) is 19.3. The smallest absolute Gasteiger partial charge is 0.249 e. The van der Waals surface area contributed by atoms with Gasteiger partial charge in [-0.15, -0.1) is 5.10 Å². The summed E-state index contributed by atoms with van der Waals surface area (Å²) in [5.74, 6) is 1.01. The van der Waals surface area contributed by atoms with Crippen molar-refractivity contribution >= 4 is 40.4 Å². The number of para-hydroxylation sites is 2. The molecule has 4 rings (SSSR count). The summed E-state index contributed by atoms with van der Waals surface area (Å²) in [4.78, 5) is 6.83. The van der Waals surface area contributed by atoms with E-state index in [-0.39, 0.29) is 0 Å². The molecule has 0 unspecified atom stereocenters. The lowest BCUT2D eigenvalue weighted by Crippen LogP contribution is -2.36. The van der Waals surface area contributed by atoms with Gasteiger partial charge in [0.25, 0.3) is 0 Å². The molecule has 0 bridgehead atoms. The molecule has 2 N–H and O–H groups in total. The molecule has 3 aromatic rings. The van der Waals surface area contributed by atoms with Gasteiger partial charge >= 0.3 is 0 Å². The Hall–Kier alpha value is -2.90. The van der Waals surface area contributed by atoms with Gasteiger partial charge in [-0.2, -0.15) is 10.1 Å². The molecule has 0 amide bonds. The number of halogens is 1. The van der Waals surface area contributed by atoms with Crippen molar-refractivity contribution < 1.29 is 4.74 Å². The Labute approximate surface area is 168 Å². The summed E-state index contributed by atoms with van der Waals surface area (Å²) in [5.41, 5.74) is 3.98. The highest BCUT2D eigenvalue weighted by atomic mass is 35.5. The molecule has 0 aliphatic carbocycles. The molecule has 0 atom stereocenters. The quantitative estimate of drug-likeness (QED) is 0.670. The lowest BCUT2D eigenvalue weighted by atomic mass is 10.2. The lowest BCUT2D eigenvalue weighted by molar-refractivity contribution is 0.123. The number of aromatic nitrogens is 3. The van der Waals surface area contributed by atoms with Crippen LogP contribution in [0.15, 0.2) is 48.7 Å². The third-order valence-corrected chi connectivity index (χ3v) is 4.76. The Kier molecular flexibility index (Phi) is 5.55. The van der Waals surface area contributed by atoms with Gasteiger partial charge in [0.15, 0.2) is 5.82 Å². The highest BCUT2D eigenvalue weighted by molar-refractivity contribution is 6.30. The highest BCUT2D eigenvalue weighted by Gasteiger charge is 2.15. The van der Waals surface area contributed by atoms with E-state index in [0.29, 0.717) is 16.8 Å². The Bertz CT molecular complexity index is 961. The molecule has 1 fully saturated rings. The van der Waals surface area contributed by atoms with Gasteiger partial charge in [-0.05, 0) is 36.8 Å². The van der Waals surface area contributed by atoms with E-state index in [0.717, 1.165) is 48.9 Å². The summed E-state index contributed by atoms with van der Waals surface area (Å²) in [5, 5.41) is 15.4. The standard InChI is InChI=1S/C20H21ClN6O/c1-14-6-7-15(21)12-17(14)23-19-13-22-26-20(25-19)24-16-4-2-3-5-18(16)27-8-10-28-11-9-27/h2-7,12-13H,8-11H2,1H3,(H2,23,24,25,26). The molecule has 1 aliphatic rings. The van der Waals surface area contributed by atoms with Gasteiger partial charge in [0, 0.05) is 23.8 Å². The average molecular weight is 397 g/mol. The summed E-state index contributed by atoms with van der Waals surface area (Å²) in [6.45, 7) is 5.17. The maximum atomic E-state index is 6.10. The van der Waals surface area contributed by atoms with Gasteiger partial charge in [-0.3, -0.25) is 0 Å². The van der Waals surface area contributed by atoms with Crippen molar-refractivity contribution in [2.24, 2.45) is 0 Å². The average Bonchev–Trinajstić information content (AvgIpc) is 2.72. The highest BCUT2D eigenvalue weighted by Crippen LogP contribution is 2.29. The van der Waals surface area contributed by atoms with Gasteiger partial charge in [0.2, 0.25) is 5.95 Å². The number of ether oxygens (including phenoxy) is 1. The van der Waals surface area contributed by atoms with Gasteiger partial charge in [0.1, 0.15) is 0 Å². The van der Waals surface area contributed by atoms with Crippen LogP contribution in [0.5, 0.6) is 0 Å². The minimum atomic E-state index is 0.422. The number of nitrogens with one attached hydrogen (secondary N) is 2. The maximum Gasteiger partial charge on any atom is 0.249 e. The second-order valence-corrected chi connectivity index (χ2v) is 6.93. The van der Waals surface area contributed by atoms with Crippen LogP contribution >= 0.6 is 11.6 Å². The Morgan fingerprint density at radius 1 is 1.04 bits per heavy atom. The van der Waals surface area contributed by atoms with E-state index >= 15 is 0 Å². The normalized spacial score (nSPS) is 14.0. The predicted molar refractivity (Wildman–Crippen MR) is 112 cm³/mol. The fraction of sp³-hybridized carbons (Fsp3) is 0.250. The molecule has 0 spiro atoms. The van der Waals surface area contributed by atoms with E-state index in [1.807, 2.05) is 43.3 Å². The minimum Gasteiger partial charge on any atom is -0.378 e. The van der Waals surface area contributed by atoms with Crippen LogP contribution in [0.2, 0.25) is 5.02 Å². The fourth-order valence-electron chi connectivity index (χ4n) is 3.06. The molecule has 0 radical (unpaired) electrons. The first-order valence-electron chi connectivity index (χ1n) is 9.11. The molecule has 2 heterocycles. The summed E-state index contributed by atoms with van der Waals surface area (Å²) in [7, 11) is 0. The topological polar surface area (TPSA) is 75.2 Å². The number of morpholine rings is 1. The van der Waals surface area contributed by atoms with Crippen molar-refractivity contribution in [3.8, 4) is 0 Å². The van der Waals surface area contributed by atoms with Crippen LogP contribution in [-0.2, 0) is 4.74 Å². The molecule has 2 aromatic carbocycles. The van der Waals surface area contributed by atoms with E-state index in [9.17, 15) is 0 Å². The Morgan fingerprint density at radius 2 is 1.86 bits per heavy atom. The summed E-state index contributed by atoms with van der Waals surface area (Å²) in [6, 6.07) is 13.8. The van der Waals surface area contributed by atoms with Crippen LogP contribution in [0.25, 0.3) is 0 Å². The zero-order valence-electron chi connectivity index (χ0n) is 15.5. The van der Waals surface area contributed by atoms with Gasteiger partial charge < -0.3 is 20.3 Å². The second-order valence-electron chi connectivity index (χ2n) is 6.49. The molecule has 144 valence electrons. The van der Waals surface area contributed by atoms with E-state index in [1.165, 1.54) is 0 Å². The van der Waals surface area contributed by atoms with Crippen LogP contribution in [0.1, 0.15) is 5.56 Å². The van der Waals surface area contributed by atoms with Crippen molar-refractivity contribution in [1.29, 1.82) is 0 Å². The number of hydrogen-bond donors (Lipinski definition) is 2. The molecule has 1 aliphatic heterocycles. The number of benzene rings is 2. The first kappa shape index (κ1) is 18.5. The summed E-state index contributed by atoms with van der Waals surface area (Å²) >= 11 is 6.10. The molecule has 8 heteroatoms. The SMILES string of the molecule is Cc1ccc(Cl)cc1Nc1cnnc(Nc2ccccc2N2CCOCC2)n1. The van der Waals surface area contributed by atoms with Crippen molar-refractivity contribution in [3.05, 3.63) is 59.2 Å². The van der Waals surface area contributed by atoms with E-state index < -0.39 is 0 Å². The first-order valence-corrected chi connectivity index (χ1v) is 9.48. The number of hydrogen-bond acceptors (Lipinski definition) is 7. The third kappa shape index (κ3) is 4.32. The monoisotopic (exact) mass is 396 g/mol. The molecular formula is C20H21ClN6O. The van der Waals surface area contributed by atoms with Gasteiger partial charge in [-0.25, -0.2) is 0 Å². The summed E-state index contributed by atoms with van der Waals surface area (Å²) in [6.07, 6.45) is 1.58. The molecule has 1 saturated heterocycles. The maximum absolute atomic E-state index is 6.10. The molecular weight excluding hydrogens is 376 g/mol. The van der Waals surface area contributed by atoms with Gasteiger partial charge in [-0.1, -0.05) is 29.8 Å². The van der Waals surface area contributed by atoms with Crippen LogP contribution in [0, 0.1) is 6.92 Å². The zero-order valence-corrected chi connectivity index (χ0v) is 16.3. The number of rotatable bonds is 5. The van der Waals surface area contributed by atoms with Crippen molar-refractivity contribution in [3.63, 3.8) is 0 Å². The van der Waals surface area contributed by atoms with Crippen LogP contribution < -0.4 is 15.5 Å². The molecule has 0 saturated carbocycles. The number of aryl methyl sites for hydroxylation is 1. The van der Waals surface area contributed by atoms with Crippen LogP contribution in [-0.4, -0.2) is 41.5 Å². The van der Waals surface area contributed by atoms with Crippen molar-refractivity contribution in [1.82, 2.24) is 15.2 Å². The molecule has 1 aromatic heterocycles. The van der Waals surface area contributed by atoms with Crippen molar-refractivity contribution in [2.45, 2.75) is 6.92 Å². The van der Waals surface area contributed by atoms with Crippen molar-refractivity contribution in [2.75, 3.05) is 41.8 Å². The van der Waals surface area contributed by atoms with Gasteiger partial charge in [0.05, 0.1) is 30.8 Å². The Morgan fingerprint density at radius 3 is 2.71 bits per heavy atom. The number of nitrogens with zero attached hydrogens (tertiary/aromatic N) is 4. The fourth-order valence-corrected chi connectivity index (χ4v) is 3.24. The van der Waals surface area contributed by atoms with Crippen LogP contribution in [0.4, 0.5) is 28.8 Å². The largest absolute Gasteiger partial charge is 0.378 e. The Balaban J connectivity index is 1.55. The first-order chi connectivity index (χ1) is 13.7. The predicted octanol–water partition coefficient (Wildman–Crippen LogP) is 4.16. The molecule has 7 nitrogen and oxygen atoms in total. The second kappa shape index (κ2) is 8.41.